The Balaban J connectivity index is 2.56. The highest BCUT2D eigenvalue weighted by molar-refractivity contribution is 6.33. The molecule has 5 nitrogen and oxygen atoms in total. The molecule has 1 aromatic heterocycles. The third-order valence-corrected chi connectivity index (χ3v) is 2.78. The molecule has 0 saturated heterocycles. The molecule has 0 aliphatic carbocycles. The first-order chi connectivity index (χ1) is 8.63. The van der Waals surface area contributed by atoms with Crippen molar-refractivity contribution in [3.8, 4) is 17.0 Å². The zero-order valence-corrected chi connectivity index (χ0v) is 10.8. The van der Waals surface area contributed by atoms with Gasteiger partial charge in [0.15, 0.2) is 0 Å². The molecule has 0 saturated carbocycles. The predicted octanol–water partition coefficient (Wildman–Crippen LogP) is 2.43. The van der Waals surface area contributed by atoms with Gasteiger partial charge in [-0.1, -0.05) is 11.6 Å². The molecule has 0 spiro atoms. The lowest BCUT2D eigenvalue weighted by atomic mass is 10.1. The SMILES string of the molecule is CNc1cc(-c2cc(OC)ccc2Cl)nc(N)n1. The number of hydrogen-bond acceptors (Lipinski definition) is 5. The van der Waals surface area contributed by atoms with Gasteiger partial charge in [-0.3, -0.25) is 0 Å². The Bertz CT molecular complexity index is 574. The van der Waals surface area contributed by atoms with Gasteiger partial charge in [-0.25, -0.2) is 4.98 Å². The Hall–Kier alpha value is -2.01. The molecule has 94 valence electrons. The van der Waals surface area contributed by atoms with Crippen LogP contribution in [-0.4, -0.2) is 24.1 Å². The van der Waals surface area contributed by atoms with Crippen LogP contribution in [0.15, 0.2) is 24.3 Å². The molecule has 1 aromatic carbocycles. The zero-order chi connectivity index (χ0) is 13.1. The minimum absolute atomic E-state index is 0.190. The molecule has 0 atom stereocenters. The number of nitrogens with one attached hydrogen (secondary N) is 1. The van der Waals surface area contributed by atoms with E-state index in [0.29, 0.717) is 22.3 Å². The fourth-order valence-corrected chi connectivity index (χ4v) is 1.77. The number of nitrogens with zero attached hydrogens (tertiary/aromatic N) is 2. The topological polar surface area (TPSA) is 73.1 Å². The van der Waals surface area contributed by atoms with E-state index < -0.39 is 0 Å². The maximum absolute atomic E-state index is 6.16. The van der Waals surface area contributed by atoms with Crippen LogP contribution in [0.5, 0.6) is 5.75 Å². The van der Waals surface area contributed by atoms with Crippen LogP contribution in [0.2, 0.25) is 5.02 Å². The number of nitrogen functional groups attached to an aromatic ring is 1. The second kappa shape index (κ2) is 5.10. The lowest BCUT2D eigenvalue weighted by Gasteiger charge is -2.08. The van der Waals surface area contributed by atoms with E-state index in [1.54, 1.807) is 32.4 Å². The predicted molar refractivity (Wildman–Crippen MR) is 73.0 cm³/mol. The number of anilines is 2. The number of rotatable bonds is 3. The zero-order valence-electron chi connectivity index (χ0n) is 10.1. The molecule has 1 heterocycles. The molecule has 18 heavy (non-hydrogen) atoms. The van der Waals surface area contributed by atoms with Crippen LogP contribution >= 0.6 is 11.6 Å². The Morgan fingerprint density at radius 2 is 2.06 bits per heavy atom. The molecule has 0 amide bonds. The summed E-state index contributed by atoms with van der Waals surface area (Å²) in [6.45, 7) is 0. The number of halogens is 1. The van der Waals surface area contributed by atoms with Crippen LogP contribution in [0.1, 0.15) is 0 Å². The number of aromatic nitrogens is 2. The van der Waals surface area contributed by atoms with Gasteiger partial charge in [-0.2, -0.15) is 4.98 Å². The van der Waals surface area contributed by atoms with E-state index in [-0.39, 0.29) is 5.95 Å². The van der Waals surface area contributed by atoms with Gasteiger partial charge in [0, 0.05) is 18.7 Å². The molecule has 0 aliphatic rings. The minimum Gasteiger partial charge on any atom is -0.497 e. The van der Waals surface area contributed by atoms with Crippen molar-refractivity contribution >= 4 is 23.4 Å². The number of ether oxygens (including phenoxy) is 1. The summed E-state index contributed by atoms with van der Waals surface area (Å²) in [6.07, 6.45) is 0. The molecule has 3 N–H and O–H groups in total. The summed E-state index contributed by atoms with van der Waals surface area (Å²) in [5, 5.41) is 3.50. The fraction of sp³-hybridized carbons (Fsp3) is 0.167. The van der Waals surface area contributed by atoms with Crippen LogP contribution in [0.25, 0.3) is 11.3 Å². The van der Waals surface area contributed by atoms with Crippen molar-refractivity contribution in [2.75, 3.05) is 25.2 Å². The highest BCUT2D eigenvalue weighted by atomic mass is 35.5. The van der Waals surface area contributed by atoms with Gasteiger partial charge in [-0.05, 0) is 18.2 Å². The standard InChI is InChI=1S/C12H13ClN4O/c1-15-11-6-10(16-12(14)17-11)8-5-7(18-2)3-4-9(8)13/h3-6H,1-2H3,(H3,14,15,16,17). The average Bonchev–Trinajstić information content (AvgIpc) is 2.38. The number of benzene rings is 1. The Morgan fingerprint density at radius 1 is 1.28 bits per heavy atom. The second-order valence-electron chi connectivity index (χ2n) is 3.59. The van der Waals surface area contributed by atoms with Crippen LogP contribution in [0.4, 0.5) is 11.8 Å². The van der Waals surface area contributed by atoms with E-state index in [1.807, 2.05) is 6.07 Å². The van der Waals surface area contributed by atoms with Crippen molar-refractivity contribution in [2.45, 2.75) is 0 Å². The van der Waals surface area contributed by atoms with Crippen LogP contribution in [-0.2, 0) is 0 Å². The van der Waals surface area contributed by atoms with Gasteiger partial charge < -0.3 is 15.8 Å². The van der Waals surface area contributed by atoms with Gasteiger partial charge in [0.2, 0.25) is 5.95 Å². The first-order valence-electron chi connectivity index (χ1n) is 5.30. The van der Waals surface area contributed by atoms with Crippen molar-refractivity contribution < 1.29 is 4.74 Å². The van der Waals surface area contributed by atoms with E-state index in [1.165, 1.54) is 0 Å². The van der Waals surface area contributed by atoms with Crippen LogP contribution in [0, 0.1) is 0 Å². The molecule has 0 bridgehead atoms. The number of methoxy groups -OCH3 is 1. The van der Waals surface area contributed by atoms with Gasteiger partial charge >= 0.3 is 0 Å². The molecule has 6 heteroatoms. The quantitative estimate of drug-likeness (QED) is 0.891. The van der Waals surface area contributed by atoms with E-state index in [4.69, 9.17) is 22.1 Å². The van der Waals surface area contributed by atoms with E-state index >= 15 is 0 Å². The largest absolute Gasteiger partial charge is 0.497 e. The summed E-state index contributed by atoms with van der Waals surface area (Å²) >= 11 is 6.16. The highest BCUT2D eigenvalue weighted by Gasteiger charge is 2.09. The van der Waals surface area contributed by atoms with Gasteiger partial charge in [-0.15, -0.1) is 0 Å². The van der Waals surface area contributed by atoms with Crippen LogP contribution < -0.4 is 15.8 Å². The molecular weight excluding hydrogens is 252 g/mol. The first-order valence-corrected chi connectivity index (χ1v) is 5.68. The third-order valence-electron chi connectivity index (χ3n) is 2.45. The van der Waals surface area contributed by atoms with Gasteiger partial charge in [0.05, 0.1) is 17.8 Å². The van der Waals surface area contributed by atoms with E-state index in [9.17, 15) is 0 Å². The van der Waals surface area contributed by atoms with Crippen molar-refractivity contribution in [1.82, 2.24) is 9.97 Å². The van der Waals surface area contributed by atoms with Crippen molar-refractivity contribution in [1.29, 1.82) is 0 Å². The number of hydrogen-bond donors (Lipinski definition) is 2. The molecular formula is C12H13ClN4O. The summed E-state index contributed by atoms with van der Waals surface area (Å²) in [7, 11) is 3.36. The average molecular weight is 265 g/mol. The molecule has 2 rings (SSSR count). The lowest BCUT2D eigenvalue weighted by molar-refractivity contribution is 0.415. The Kier molecular flexibility index (Phi) is 3.53. The molecule has 0 unspecified atom stereocenters. The maximum Gasteiger partial charge on any atom is 0.222 e. The molecule has 0 fully saturated rings. The Labute approximate surface area is 110 Å². The molecule has 0 radical (unpaired) electrons. The summed E-state index contributed by atoms with van der Waals surface area (Å²) < 4.78 is 5.17. The first kappa shape index (κ1) is 12.4. The van der Waals surface area contributed by atoms with Crippen molar-refractivity contribution in [3.05, 3.63) is 29.3 Å². The monoisotopic (exact) mass is 264 g/mol. The summed E-state index contributed by atoms with van der Waals surface area (Å²) in [4.78, 5) is 8.21. The molecule has 2 aromatic rings. The highest BCUT2D eigenvalue weighted by Crippen LogP contribution is 2.31. The lowest BCUT2D eigenvalue weighted by Crippen LogP contribution is -2.01. The van der Waals surface area contributed by atoms with Gasteiger partial charge in [0.1, 0.15) is 11.6 Å². The van der Waals surface area contributed by atoms with E-state index in [0.717, 1.165) is 5.56 Å². The van der Waals surface area contributed by atoms with Gasteiger partial charge in [0.25, 0.3) is 0 Å². The van der Waals surface area contributed by atoms with Crippen LogP contribution in [0.3, 0.4) is 0 Å². The fourth-order valence-electron chi connectivity index (χ4n) is 1.56. The van der Waals surface area contributed by atoms with Crippen molar-refractivity contribution in [2.24, 2.45) is 0 Å². The summed E-state index contributed by atoms with van der Waals surface area (Å²) in [6, 6.07) is 7.13. The third kappa shape index (κ3) is 2.46. The van der Waals surface area contributed by atoms with Crippen molar-refractivity contribution in [3.63, 3.8) is 0 Å². The normalized spacial score (nSPS) is 10.2. The van der Waals surface area contributed by atoms with E-state index in [2.05, 4.69) is 15.3 Å². The minimum atomic E-state index is 0.190. The number of nitrogens with two attached hydrogens (primary N) is 1. The smallest absolute Gasteiger partial charge is 0.222 e. The Morgan fingerprint density at radius 3 is 2.72 bits per heavy atom. The second-order valence-corrected chi connectivity index (χ2v) is 4.00. The summed E-state index contributed by atoms with van der Waals surface area (Å²) in [5.41, 5.74) is 7.06. The molecule has 0 aliphatic heterocycles. The maximum atomic E-state index is 6.16. The summed E-state index contributed by atoms with van der Waals surface area (Å²) in [5.74, 6) is 1.53.